The van der Waals surface area contributed by atoms with E-state index in [0.717, 1.165) is 16.8 Å². The van der Waals surface area contributed by atoms with E-state index in [9.17, 15) is 4.39 Å². The SMILES string of the molecule is OCc1ccc(CNc2ccc(F)cc2)cc1. The van der Waals surface area contributed by atoms with Crippen LogP contribution in [-0.4, -0.2) is 5.11 Å². The van der Waals surface area contributed by atoms with Gasteiger partial charge < -0.3 is 10.4 Å². The molecule has 0 unspecified atom stereocenters. The Hall–Kier alpha value is -1.87. The number of hydrogen-bond donors (Lipinski definition) is 2. The Morgan fingerprint density at radius 2 is 1.47 bits per heavy atom. The molecule has 0 aliphatic carbocycles. The molecule has 0 aliphatic rings. The predicted octanol–water partition coefficient (Wildman–Crippen LogP) is 2.93. The summed E-state index contributed by atoms with van der Waals surface area (Å²) in [4.78, 5) is 0. The molecular formula is C14H14FNO. The van der Waals surface area contributed by atoms with Crippen LogP contribution in [-0.2, 0) is 13.2 Å². The second-order valence-electron chi connectivity index (χ2n) is 3.84. The first kappa shape index (κ1) is 11.6. The van der Waals surface area contributed by atoms with E-state index in [1.807, 2.05) is 24.3 Å². The molecule has 2 rings (SSSR count). The fraction of sp³-hybridized carbons (Fsp3) is 0.143. The molecule has 2 aromatic rings. The summed E-state index contributed by atoms with van der Waals surface area (Å²) >= 11 is 0. The highest BCUT2D eigenvalue weighted by Gasteiger charge is 1.95. The predicted molar refractivity (Wildman–Crippen MR) is 66.1 cm³/mol. The molecule has 0 radical (unpaired) electrons. The molecule has 0 fully saturated rings. The van der Waals surface area contributed by atoms with Gasteiger partial charge in [-0.3, -0.25) is 0 Å². The highest BCUT2D eigenvalue weighted by atomic mass is 19.1. The molecule has 3 heteroatoms. The summed E-state index contributed by atoms with van der Waals surface area (Å²) in [5.41, 5.74) is 2.90. The molecule has 0 saturated carbocycles. The zero-order valence-electron chi connectivity index (χ0n) is 9.36. The number of aliphatic hydroxyl groups is 1. The topological polar surface area (TPSA) is 32.3 Å². The van der Waals surface area contributed by atoms with Crippen molar-refractivity contribution in [2.24, 2.45) is 0 Å². The third-order valence-corrected chi connectivity index (χ3v) is 2.55. The Labute approximate surface area is 99.7 Å². The molecule has 88 valence electrons. The summed E-state index contributed by atoms with van der Waals surface area (Å²) in [7, 11) is 0. The second kappa shape index (κ2) is 5.46. The second-order valence-corrected chi connectivity index (χ2v) is 3.84. The first-order valence-corrected chi connectivity index (χ1v) is 5.46. The fourth-order valence-electron chi connectivity index (χ4n) is 1.53. The highest BCUT2D eigenvalue weighted by Crippen LogP contribution is 2.11. The lowest BCUT2D eigenvalue weighted by Crippen LogP contribution is -1.99. The molecular weight excluding hydrogens is 217 g/mol. The lowest BCUT2D eigenvalue weighted by molar-refractivity contribution is 0.282. The van der Waals surface area contributed by atoms with Crippen LogP contribution in [0.3, 0.4) is 0 Å². The molecule has 0 atom stereocenters. The molecule has 0 amide bonds. The van der Waals surface area contributed by atoms with Crippen molar-refractivity contribution < 1.29 is 9.50 Å². The van der Waals surface area contributed by atoms with Gasteiger partial charge in [0.15, 0.2) is 0 Å². The minimum Gasteiger partial charge on any atom is -0.392 e. The number of hydrogen-bond acceptors (Lipinski definition) is 2. The molecule has 2 nitrogen and oxygen atoms in total. The van der Waals surface area contributed by atoms with E-state index < -0.39 is 0 Å². The Balaban J connectivity index is 1.95. The summed E-state index contributed by atoms with van der Waals surface area (Å²) in [5.74, 6) is -0.233. The van der Waals surface area contributed by atoms with Gasteiger partial charge in [-0.1, -0.05) is 24.3 Å². The highest BCUT2D eigenvalue weighted by molar-refractivity contribution is 5.43. The van der Waals surface area contributed by atoms with E-state index in [2.05, 4.69) is 5.32 Å². The quantitative estimate of drug-likeness (QED) is 0.848. The van der Waals surface area contributed by atoms with Gasteiger partial charge in [0, 0.05) is 12.2 Å². The smallest absolute Gasteiger partial charge is 0.123 e. The van der Waals surface area contributed by atoms with Crippen LogP contribution >= 0.6 is 0 Å². The van der Waals surface area contributed by atoms with Gasteiger partial charge in [-0.05, 0) is 35.4 Å². The van der Waals surface area contributed by atoms with Crippen molar-refractivity contribution >= 4 is 5.69 Å². The lowest BCUT2D eigenvalue weighted by atomic mass is 10.1. The average Bonchev–Trinajstić information content (AvgIpc) is 2.39. The molecule has 0 aliphatic heterocycles. The van der Waals surface area contributed by atoms with Crippen molar-refractivity contribution in [1.82, 2.24) is 0 Å². The molecule has 17 heavy (non-hydrogen) atoms. The van der Waals surface area contributed by atoms with Gasteiger partial charge in [0.2, 0.25) is 0 Å². The number of nitrogens with one attached hydrogen (secondary N) is 1. The molecule has 2 N–H and O–H groups in total. The van der Waals surface area contributed by atoms with Gasteiger partial charge in [-0.25, -0.2) is 4.39 Å². The van der Waals surface area contributed by atoms with E-state index >= 15 is 0 Å². The standard InChI is InChI=1S/C14H14FNO/c15-13-5-7-14(8-6-13)16-9-11-1-3-12(10-17)4-2-11/h1-8,16-17H,9-10H2. The van der Waals surface area contributed by atoms with Crippen molar-refractivity contribution in [3.05, 3.63) is 65.5 Å². The average molecular weight is 231 g/mol. The number of aliphatic hydroxyl groups excluding tert-OH is 1. The van der Waals surface area contributed by atoms with Gasteiger partial charge in [-0.2, -0.15) is 0 Å². The summed E-state index contributed by atoms with van der Waals surface area (Å²) < 4.78 is 12.7. The zero-order valence-corrected chi connectivity index (χ0v) is 9.36. The van der Waals surface area contributed by atoms with E-state index in [0.29, 0.717) is 6.54 Å². The van der Waals surface area contributed by atoms with Crippen molar-refractivity contribution in [3.8, 4) is 0 Å². The van der Waals surface area contributed by atoms with Gasteiger partial charge in [0.25, 0.3) is 0 Å². The summed E-state index contributed by atoms with van der Waals surface area (Å²) in [5, 5.41) is 12.1. The van der Waals surface area contributed by atoms with E-state index in [1.54, 1.807) is 12.1 Å². The van der Waals surface area contributed by atoms with Gasteiger partial charge in [0.05, 0.1) is 6.61 Å². The van der Waals surface area contributed by atoms with E-state index in [4.69, 9.17) is 5.11 Å². The maximum atomic E-state index is 12.7. The van der Waals surface area contributed by atoms with Crippen molar-refractivity contribution in [2.45, 2.75) is 13.2 Å². The Kier molecular flexibility index (Phi) is 3.73. The van der Waals surface area contributed by atoms with Crippen molar-refractivity contribution in [2.75, 3.05) is 5.32 Å². The van der Waals surface area contributed by atoms with Crippen LogP contribution in [0, 0.1) is 5.82 Å². The van der Waals surface area contributed by atoms with Gasteiger partial charge in [-0.15, -0.1) is 0 Å². The van der Waals surface area contributed by atoms with Crippen LogP contribution < -0.4 is 5.32 Å². The van der Waals surface area contributed by atoms with Crippen molar-refractivity contribution in [3.63, 3.8) is 0 Å². The minimum absolute atomic E-state index is 0.0612. The van der Waals surface area contributed by atoms with Crippen LogP contribution in [0.2, 0.25) is 0 Å². The summed E-state index contributed by atoms with van der Waals surface area (Å²) in [6.45, 7) is 0.739. The molecule has 0 heterocycles. The molecule has 2 aromatic carbocycles. The van der Waals surface area contributed by atoms with Gasteiger partial charge in [0.1, 0.15) is 5.82 Å². The molecule has 0 saturated heterocycles. The van der Waals surface area contributed by atoms with Gasteiger partial charge >= 0.3 is 0 Å². The third-order valence-electron chi connectivity index (χ3n) is 2.55. The summed E-state index contributed by atoms with van der Waals surface area (Å²) in [6.07, 6.45) is 0. The third kappa shape index (κ3) is 3.29. The first-order chi connectivity index (χ1) is 8.28. The molecule has 0 bridgehead atoms. The maximum absolute atomic E-state index is 12.7. The normalized spacial score (nSPS) is 10.2. The zero-order chi connectivity index (χ0) is 12.1. The Morgan fingerprint density at radius 1 is 0.882 bits per heavy atom. The lowest BCUT2D eigenvalue weighted by Gasteiger charge is -2.06. The number of anilines is 1. The van der Waals surface area contributed by atoms with Crippen LogP contribution in [0.5, 0.6) is 0 Å². The van der Waals surface area contributed by atoms with Crippen LogP contribution in [0.15, 0.2) is 48.5 Å². The summed E-state index contributed by atoms with van der Waals surface area (Å²) in [6, 6.07) is 14.0. The van der Waals surface area contributed by atoms with E-state index in [-0.39, 0.29) is 12.4 Å². The monoisotopic (exact) mass is 231 g/mol. The number of halogens is 1. The van der Waals surface area contributed by atoms with Crippen LogP contribution in [0.4, 0.5) is 10.1 Å². The number of benzene rings is 2. The minimum atomic E-state index is -0.233. The largest absolute Gasteiger partial charge is 0.392 e. The first-order valence-electron chi connectivity index (χ1n) is 5.46. The number of rotatable bonds is 4. The Bertz CT molecular complexity index is 465. The van der Waals surface area contributed by atoms with Crippen molar-refractivity contribution in [1.29, 1.82) is 0 Å². The Morgan fingerprint density at radius 3 is 2.06 bits per heavy atom. The van der Waals surface area contributed by atoms with Crippen LogP contribution in [0.25, 0.3) is 0 Å². The van der Waals surface area contributed by atoms with Crippen LogP contribution in [0.1, 0.15) is 11.1 Å². The maximum Gasteiger partial charge on any atom is 0.123 e. The molecule has 0 aromatic heterocycles. The fourth-order valence-corrected chi connectivity index (χ4v) is 1.53. The van der Waals surface area contributed by atoms with E-state index in [1.165, 1.54) is 12.1 Å². The molecule has 0 spiro atoms.